The van der Waals surface area contributed by atoms with Crippen molar-refractivity contribution in [3.05, 3.63) is 100 Å². The number of ether oxygens (including phenoxy) is 1. The van der Waals surface area contributed by atoms with Gasteiger partial charge in [0.25, 0.3) is 17.3 Å². The number of nitrogens with two attached hydrogens (primary N) is 1. The highest BCUT2D eigenvalue weighted by atomic mass is 19.2. The molecule has 0 fully saturated rings. The lowest BCUT2D eigenvalue weighted by Gasteiger charge is -2.12. The van der Waals surface area contributed by atoms with Crippen molar-refractivity contribution in [2.75, 3.05) is 11.1 Å². The molecule has 12 heteroatoms. The summed E-state index contributed by atoms with van der Waals surface area (Å²) in [6.07, 6.45) is 2.23. The van der Waals surface area contributed by atoms with Crippen LogP contribution < -0.4 is 21.3 Å². The van der Waals surface area contributed by atoms with Crippen LogP contribution in [0.1, 0.15) is 10.4 Å². The minimum absolute atomic E-state index is 0.289. The summed E-state index contributed by atoms with van der Waals surface area (Å²) in [5.74, 6) is -7.79. The summed E-state index contributed by atoms with van der Waals surface area (Å²) < 4.78 is 62.1. The molecule has 2 aromatic carbocycles. The standard InChI is InChI=1S/C22H13F4N5O3/c23-11-3-5-12(6-4-11)31-9-1-2-13(22(31)33)20(32)30-14-7-8-15(17(25)16(14)24)34-21-18(26)19(27)28-10-29-21/h1-10H,(H,30,32)(H2,27,28,29). The molecule has 0 aliphatic carbocycles. The summed E-state index contributed by atoms with van der Waals surface area (Å²) in [6, 6.07) is 9.39. The van der Waals surface area contributed by atoms with Crippen molar-refractivity contribution in [3.8, 4) is 17.3 Å². The zero-order valence-corrected chi connectivity index (χ0v) is 16.9. The second kappa shape index (κ2) is 9.02. The van der Waals surface area contributed by atoms with E-state index in [0.717, 1.165) is 35.2 Å². The number of rotatable bonds is 5. The van der Waals surface area contributed by atoms with Gasteiger partial charge in [-0.3, -0.25) is 14.2 Å². The van der Waals surface area contributed by atoms with Crippen LogP contribution in [0.2, 0.25) is 0 Å². The van der Waals surface area contributed by atoms with Gasteiger partial charge in [-0.25, -0.2) is 13.8 Å². The highest BCUT2D eigenvalue weighted by molar-refractivity contribution is 6.04. The van der Waals surface area contributed by atoms with Crippen molar-refractivity contribution in [1.29, 1.82) is 0 Å². The quantitative estimate of drug-likeness (QED) is 0.428. The number of aromatic nitrogens is 3. The van der Waals surface area contributed by atoms with Gasteiger partial charge in [0, 0.05) is 11.9 Å². The van der Waals surface area contributed by atoms with Crippen LogP contribution in [0.15, 0.2) is 65.8 Å². The third kappa shape index (κ3) is 4.28. The number of nitrogens with zero attached hydrogens (tertiary/aromatic N) is 3. The van der Waals surface area contributed by atoms with Crippen LogP contribution in [0, 0.1) is 23.3 Å². The van der Waals surface area contributed by atoms with Crippen LogP contribution in [-0.2, 0) is 0 Å². The number of carbonyl (C=O) groups is 1. The van der Waals surface area contributed by atoms with E-state index in [0.29, 0.717) is 0 Å². The van der Waals surface area contributed by atoms with Crippen LogP contribution in [0.25, 0.3) is 5.69 Å². The predicted molar refractivity (Wildman–Crippen MR) is 113 cm³/mol. The van der Waals surface area contributed by atoms with Crippen LogP contribution in [0.4, 0.5) is 29.1 Å². The molecule has 4 aromatic rings. The van der Waals surface area contributed by atoms with E-state index < -0.39 is 57.9 Å². The highest BCUT2D eigenvalue weighted by Gasteiger charge is 2.21. The first-order valence-corrected chi connectivity index (χ1v) is 9.47. The molecule has 2 aromatic heterocycles. The average Bonchev–Trinajstić information content (AvgIpc) is 2.82. The molecule has 2 heterocycles. The molecule has 0 aliphatic heterocycles. The Labute approximate surface area is 188 Å². The SMILES string of the molecule is Nc1ncnc(Oc2ccc(NC(=O)c3cccn(-c4ccc(F)cc4)c3=O)c(F)c2F)c1F. The molecule has 34 heavy (non-hydrogen) atoms. The summed E-state index contributed by atoms with van der Waals surface area (Å²) in [4.78, 5) is 32.2. The van der Waals surface area contributed by atoms with Crippen molar-refractivity contribution in [2.45, 2.75) is 0 Å². The van der Waals surface area contributed by atoms with Crippen LogP contribution >= 0.6 is 0 Å². The fourth-order valence-corrected chi connectivity index (χ4v) is 2.91. The number of hydrogen-bond acceptors (Lipinski definition) is 6. The molecule has 4 rings (SSSR count). The lowest BCUT2D eigenvalue weighted by Crippen LogP contribution is -2.28. The maximum absolute atomic E-state index is 14.6. The van der Waals surface area contributed by atoms with E-state index >= 15 is 0 Å². The lowest BCUT2D eigenvalue weighted by molar-refractivity contribution is 0.102. The number of nitrogen functional groups attached to an aromatic ring is 1. The Hall–Kier alpha value is -4.74. The monoisotopic (exact) mass is 471 g/mol. The van der Waals surface area contributed by atoms with Gasteiger partial charge in [0.15, 0.2) is 17.4 Å². The third-order valence-electron chi connectivity index (χ3n) is 4.58. The molecule has 0 atom stereocenters. The number of anilines is 2. The first kappa shape index (κ1) is 22.5. The summed E-state index contributed by atoms with van der Waals surface area (Å²) in [5.41, 5.74) is 3.81. The second-order valence-electron chi connectivity index (χ2n) is 6.75. The molecular weight excluding hydrogens is 458 g/mol. The summed E-state index contributed by atoms with van der Waals surface area (Å²) >= 11 is 0. The number of amides is 1. The van der Waals surface area contributed by atoms with Gasteiger partial charge < -0.3 is 15.8 Å². The molecule has 8 nitrogen and oxygen atoms in total. The molecule has 0 aliphatic rings. The zero-order valence-electron chi connectivity index (χ0n) is 16.9. The molecule has 0 unspecified atom stereocenters. The van der Waals surface area contributed by atoms with E-state index in [1.807, 2.05) is 0 Å². The van der Waals surface area contributed by atoms with Gasteiger partial charge in [0.2, 0.25) is 11.6 Å². The fraction of sp³-hybridized carbons (Fsp3) is 0. The molecule has 0 radical (unpaired) electrons. The Kier molecular flexibility index (Phi) is 5.95. The molecule has 0 spiro atoms. The molecule has 1 amide bonds. The lowest BCUT2D eigenvalue weighted by atomic mass is 10.2. The van der Waals surface area contributed by atoms with Crippen LogP contribution in [-0.4, -0.2) is 20.4 Å². The Morgan fingerprint density at radius 2 is 1.68 bits per heavy atom. The molecule has 172 valence electrons. The topological polar surface area (TPSA) is 112 Å². The van der Waals surface area contributed by atoms with Gasteiger partial charge in [0.05, 0.1) is 5.69 Å². The van der Waals surface area contributed by atoms with Crippen molar-refractivity contribution >= 4 is 17.4 Å². The van der Waals surface area contributed by atoms with Crippen molar-refractivity contribution in [3.63, 3.8) is 0 Å². The Balaban J connectivity index is 1.60. The van der Waals surface area contributed by atoms with Crippen LogP contribution in [0.3, 0.4) is 0 Å². The summed E-state index contributed by atoms with van der Waals surface area (Å²) in [6.45, 7) is 0. The Morgan fingerprint density at radius 3 is 2.41 bits per heavy atom. The van der Waals surface area contributed by atoms with Gasteiger partial charge >= 0.3 is 0 Å². The highest BCUT2D eigenvalue weighted by Crippen LogP contribution is 2.31. The van der Waals surface area contributed by atoms with Crippen molar-refractivity contribution < 1.29 is 27.1 Å². The second-order valence-corrected chi connectivity index (χ2v) is 6.75. The maximum atomic E-state index is 14.6. The number of carbonyl (C=O) groups excluding carboxylic acids is 1. The molecule has 3 N–H and O–H groups in total. The smallest absolute Gasteiger partial charge is 0.267 e. The van der Waals surface area contributed by atoms with Gasteiger partial charge in [-0.05, 0) is 48.5 Å². The van der Waals surface area contributed by atoms with E-state index in [4.69, 9.17) is 10.5 Å². The number of pyridine rings is 1. The van der Waals surface area contributed by atoms with E-state index in [9.17, 15) is 27.2 Å². The van der Waals surface area contributed by atoms with Gasteiger partial charge in [-0.1, -0.05) is 0 Å². The van der Waals surface area contributed by atoms with Gasteiger partial charge in [-0.2, -0.15) is 13.8 Å². The number of nitrogens with one attached hydrogen (secondary N) is 1. The summed E-state index contributed by atoms with van der Waals surface area (Å²) in [5, 5.41) is 2.11. The summed E-state index contributed by atoms with van der Waals surface area (Å²) in [7, 11) is 0. The minimum atomic E-state index is -1.55. The van der Waals surface area contributed by atoms with E-state index in [1.54, 1.807) is 0 Å². The number of benzene rings is 2. The first-order valence-electron chi connectivity index (χ1n) is 9.47. The van der Waals surface area contributed by atoms with E-state index in [2.05, 4.69) is 15.3 Å². The predicted octanol–water partition coefficient (Wildman–Crippen LogP) is 3.81. The molecule has 0 saturated carbocycles. The molecular formula is C22H13F4N5O3. The largest absolute Gasteiger partial charge is 0.433 e. The molecule has 0 saturated heterocycles. The van der Waals surface area contributed by atoms with Crippen molar-refractivity contribution in [1.82, 2.24) is 14.5 Å². The number of hydrogen-bond donors (Lipinski definition) is 2. The fourth-order valence-electron chi connectivity index (χ4n) is 2.91. The van der Waals surface area contributed by atoms with E-state index in [-0.39, 0.29) is 11.3 Å². The van der Waals surface area contributed by atoms with E-state index in [1.165, 1.54) is 30.5 Å². The zero-order chi connectivity index (χ0) is 24.4. The Morgan fingerprint density at radius 1 is 0.941 bits per heavy atom. The number of halogens is 4. The van der Waals surface area contributed by atoms with Crippen LogP contribution in [0.5, 0.6) is 11.6 Å². The minimum Gasteiger partial charge on any atom is -0.433 e. The van der Waals surface area contributed by atoms with Gasteiger partial charge in [-0.15, -0.1) is 0 Å². The normalized spacial score (nSPS) is 10.7. The Bertz CT molecular complexity index is 1460. The average molecular weight is 471 g/mol. The first-order chi connectivity index (χ1) is 16.3. The molecule has 0 bridgehead atoms. The van der Waals surface area contributed by atoms with Gasteiger partial charge in [0.1, 0.15) is 17.7 Å². The third-order valence-corrected chi connectivity index (χ3v) is 4.58. The maximum Gasteiger partial charge on any atom is 0.267 e. The van der Waals surface area contributed by atoms with Crippen molar-refractivity contribution in [2.24, 2.45) is 0 Å².